The van der Waals surface area contributed by atoms with E-state index in [4.69, 9.17) is 5.73 Å². The monoisotopic (exact) mass is 303 g/mol. The Morgan fingerprint density at radius 1 is 1.30 bits per heavy atom. The predicted molar refractivity (Wildman–Crippen MR) is 77.0 cm³/mol. The van der Waals surface area contributed by atoms with Crippen molar-refractivity contribution in [3.05, 3.63) is 29.8 Å². The topological polar surface area (TPSA) is 26.0 Å². The Balaban J connectivity index is 2.02. The van der Waals surface area contributed by atoms with Crippen LogP contribution in [0.25, 0.3) is 0 Å². The Bertz CT molecular complexity index is 457. The van der Waals surface area contributed by atoms with Gasteiger partial charge in [-0.05, 0) is 41.9 Å². The lowest BCUT2D eigenvalue weighted by Gasteiger charge is -2.53. The summed E-state index contributed by atoms with van der Waals surface area (Å²) in [4.78, 5) is 0.660. The summed E-state index contributed by atoms with van der Waals surface area (Å²) in [5, 5.41) is 0. The molecule has 2 N–H and O–H groups in total. The fraction of sp³-hybridized carbons (Fsp3) is 0.600. The molecule has 0 aromatic heterocycles. The average molecular weight is 303 g/mol. The normalized spacial score (nSPS) is 30.1. The minimum atomic E-state index is -4.12. The van der Waals surface area contributed by atoms with Gasteiger partial charge in [0.1, 0.15) is 0 Å². The summed E-state index contributed by atoms with van der Waals surface area (Å²) < 4.78 is 36.5. The second-order valence-corrected chi connectivity index (χ2v) is 6.78. The smallest absolute Gasteiger partial charge is 0.327 e. The first kappa shape index (κ1) is 15.7. The van der Waals surface area contributed by atoms with Crippen molar-refractivity contribution in [3.8, 4) is 0 Å². The third kappa shape index (κ3) is 3.14. The fourth-order valence-electron chi connectivity index (χ4n) is 2.88. The van der Waals surface area contributed by atoms with Crippen molar-refractivity contribution in [3.63, 3.8) is 0 Å². The number of halogens is 3. The van der Waals surface area contributed by atoms with Gasteiger partial charge in [0.05, 0.1) is 5.75 Å². The maximum Gasteiger partial charge on any atom is 0.398 e. The average Bonchev–Trinajstić information content (AvgIpc) is 2.41. The van der Waals surface area contributed by atoms with E-state index in [0.717, 1.165) is 24.6 Å². The molecule has 0 bridgehead atoms. The number of nitrogens with two attached hydrogens (primary N) is 1. The Labute approximate surface area is 122 Å². The van der Waals surface area contributed by atoms with Crippen LogP contribution in [0.15, 0.2) is 29.2 Å². The van der Waals surface area contributed by atoms with Crippen LogP contribution in [-0.4, -0.2) is 18.0 Å². The molecular weight excluding hydrogens is 283 g/mol. The Kier molecular flexibility index (Phi) is 4.40. The van der Waals surface area contributed by atoms with Crippen molar-refractivity contribution in [1.29, 1.82) is 0 Å². The Hall–Kier alpha value is -0.680. The highest BCUT2D eigenvalue weighted by Gasteiger charge is 2.48. The van der Waals surface area contributed by atoms with Gasteiger partial charge >= 0.3 is 6.18 Å². The minimum absolute atomic E-state index is 0.112. The minimum Gasteiger partial charge on any atom is -0.327 e. The molecule has 5 heteroatoms. The number of thioether (sulfide) groups is 1. The molecule has 1 nitrogen and oxygen atoms in total. The van der Waals surface area contributed by atoms with E-state index in [-0.39, 0.29) is 11.5 Å². The Morgan fingerprint density at radius 3 is 2.35 bits per heavy atom. The summed E-state index contributed by atoms with van der Waals surface area (Å²) in [5.74, 6) is -0.419. The van der Waals surface area contributed by atoms with Gasteiger partial charge in [0.15, 0.2) is 0 Å². The van der Waals surface area contributed by atoms with Crippen LogP contribution in [0.5, 0.6) is 0 Å². The van der Waals surface area contributed by atoms with Crippen molar-refractivity contribution in [2.24, 2.45) is 11.1 Å². The van der Waals surface area contributed by atoms with Crippen molar-refractivity contribution in [1.82, 2.24) is 0 Å². The summed E-state index contributed by atoms with van der Waals surface area (Å²) in [7, 11) is 0. The van der Waals surface area contributed by atoms with E-state index < -0.39 is 11.9 Å². The van der Waals surface area contributed by atoms with Crippen molar-refractivity contribution < 1.29 is 13.2 Å². The van der Waals surface area contributed by atoms with Crippen LogP contribution in [0.2, 0.25) is 0 Å². The van der Waals surface area contributed by atoms with Crippen molar-refractivity contribution >= 4 is 11.8 Å². The van der Waals surface area contributed by atoms with Gasteiger partial charge in [-0.2, -0.15) is 13.2 Å². The number of rotatable bonds is 4. The lowest BCUT2D eigenvalue weighted by molar-refractivity contribution is -0.105. The summed E-state index contributed by atoms with van der Waals surface area (Å²) in [6.07, 6.45) is -2.15. The van der Waals surface area contributed by atoms with E-state index >= 15 is 0 Å². The molecule has 112 valence electrons. The molecule has 0 spiro atoms. The van der Waals surface area contributed by atoms with Gasteiger partial charge < -0.3 is 5.73 Å². The lowest BCUT2D eigenvalue weighted by atomic mass is 9.54. The molecule has 3 atom stereocenters. The molecule has 1 aromatic carbocycles. The first-order valence-electron chi connectivity index (χ1n) is 6.81. The molecule has 20 heavy (non-hydrogen) atoms. The molecule has 0 amide bonds. The van der Waals surface area contributed by atoms with Crippen LogP contribution < -0.4 is 5.73 Å². The second kappa shape index (κ2) is 5.60. The number of hydrogen-bond donors (Lipinski definition) is 1. The molecule has 1 fully saturated rings. The van der Waals surface area contributed by atoms with E-state index in [2.05, 4.69) is 13.8 Å². The van der Waals surface area contributed by atoms with Crippen LogP contribution >= 0.6 is 11.8 Å². The maximum absolute atomic E-state index is 12.2. The molecule has 0 saturated heterocycles. The zero-order valence-electron chi connectivity index (χ0n) is 11.7. The highest BCUT2D eigenvalue weighted by molar-refractivity contribution is 7.99. The predicted octanol–water partition coefficient (Wildman–Crippen LogP) is 4.57. The lowest BCUT2D eigenvalue weighted by Crippen LogP contribution is -2.54. The SMILES string of the molecule is CCC1(C)C(N)CC1c1ccc(SCC(F)(F)F)cc1. The molecule has 0 aliphatic heterocycles. The van der Waals surface area contributed by atoms with Gasteiger partial charge in [-0.15, -0.1) is 11.8 Å². The standard InChI is InChI=1S/C15H20F3NS/c1-3-14(2)12(8-13(14)19)10-4-6-11(7-5-10)20-9-15(16,17)18/h4-7,12-13H,3,8-9,19H2,1-2H3. The number of benzene rings is 1. The van der Waals surface area contributed by atoms with Gasteiger partial charge in [0.25, 0.3) is 0 Å². The van der Waals surface area contributed by atoms with Gasteiger partial charge in [-0.1, -0.05) is 26.0 Å². The van der Waals surface area contributed by atoms with Gasteiger partial charge in [-0.25, -0.2) is 0 Å². The largest absolute Gasteiger partial charge is 0.398 e. The number of alkyl halides is 3. The quantitative estimate of drug-likeness (QED) is 0.824. The molecular formula is C15H20F3NS. The van der Waals surface area contributed by atoms with Crippen LogP contribution in [0.3, 0.4) is 0 Å². The van der Waals surface area contributed by atoms with Gasteiger partial charge in [0, 0.05) is 10.9 Å². The van der Waals surface area contributed by atoms with Crippen LogP contribution in [0.4, 0.5) is 13.2 Å². The van der Waals surface area contributed by atoms with E-state index in [1.165, 1.54) is 5.56 Å². The molecule has 3 unspecified atom stereocenters. The summed E-state index contributed by atoms with van der Waals surface area (Å²) >= 11 is 0.830. The van der Waals surface area contributed by atoms with Crippen molar-refractivity contribution in [2.75, 3.05) is 5.75 Å². The van der Waals surface area contributed by atoms with Gasteiger partial charge in [-0.3, -0.25) is 0 Å². The molecule has 1 aliphatic rings. The van der Waals surface area contributed by atoms with Gasteiger partial charge in [0.2, 0.25) is 0 Å². The highest BCUT2D eigenvalue weighted by Crippen LogP contribution is 2.53. The Morgan fingerprint density at radius 2 is 1.90 bits per heavy atom. The molecule has 1 saturated carbocycles. The molecule has 1 aromatic rings. The zero-order valence-corrected chi connectivity index (χ0v) is 12.5. The van der Waals surface area contributed by atoms with E-state index in [1.54, 1.807) is 12.1 Å². The van der Waals surface area contributed by atoms with Crippen LogP contribution in [0.1, 0.15) is 38.2 Å². The third-order valence-corrected chi connectivity index (χ3v) is 5.66. The maximum atomic E-state index is 12.2. The molecule has 2 rings (SSSR count). The van der Waals surface area contributed by atoms with E-state index in [9.17, 15) is 13.2 Å². The first-order chi connectivity index (χ1) is 9.26. The molecule has 0 radical (unpaired) electrons. The van der Waals surface area contributed by atoms with Crippen LogP contribution in [0, 0.1) is 5.41 Å². The third-order valence-electron chi connectivity index (χ3n) is 4.58. The first-order valence-corrected chi connectivity index (χ1v) is 7.80. The van der Waals surface area contributed by atoms with Crippen LogP contribution in [-0.2, 0) is 0 Å². The number of hydrogen-bond acceptors (Lipinski definition) is 2. The summed E-state index contributed by atoms with van der Waals surface area (Å²) in [6, 6.07) is 7.68. The second-order valence-electron chi connectivity index (χ2n) is 5.73. The highest BCUT2D eigenvalue weighted by atomic mass is 32.2. The zero-order chi connectivity index (χ0) is 15.0. The molecule has 0 heterocycles. The summed E-state index contributed by atoms with van der Waals surface area (Å²) in [6.45, 7) is 4.33. The van der Waals surface area contributed by atoms with E-state index in [0.29, 0.717) is 10.8 Å². The molecule has 1 aliphatic carbocycles. The van der Waals surface area contributed by atoms with Crippen molar-refractivity contribution in [2.45, 2.75) is 49.7 Å². The fourth-order valence-corrected chi connectivity index (χ4v) is 3.54. The van der Waals surface area contributed by atoms with E-state index in [1.807, 2.05) is 12.1 Å². The summed E-state index contributed by atoms with van der Waals surface area (Å²) in [5.41, 5.74) is 7.39.